The maximum absolute atomic E-state index is 12.8. The molecule has 0 bridgehead atoms. The van der Waals surface area contributed by atoms with E-state index in [1.54, 1.807) is 60.5 Å². The van der Waals surface area contributed by atoms with Crippen LogP contribution in [0.15, 0.2) is 71.9 Å². The van der Waals surface area contributed by atoms with Gasteiger partial charge in [-0.15, -0.1) is 0 Å². The normalized spacial score (nSPS) is 17.5. The highest BCUT2D eigenvalue weighted by Gasteiger charge is 2.49. The molecule has 2 unspecified atom stereocenters. The van der Waals surface area contributed by atoms with Crippen molar-refractivity contribution < 1.29 is 9.84 Å². The first-order valence-electron chi connectivity index (χ1n) is 8.76. The second kappa shape index (κ2) is 5.95. The molecule has 28 heavy (non-hydrogen) atoms. The SMILES string of the molecule is Cn1cncc1C(O)(c1ccc(Cl)cc1)C1Oc2cccc3ccc(=O)n1c23. The molecule has 0 saturated heterocycles. The van der Waals surface area contributed by atoms with Gasteiger partial charge in [0.2, 0.25) is 6.23 Å². The largest absolute Gasteiger partial charge is 0.464 e. The van der Waals surface area contributed by atoms with Gasteiger partial charge < -0.3 is 14.4 Å². The van der Waals surface area contributed by atoms with Crippen molar-refractivity contribution in [3.63, 3.8) is 0 Å². The van der Waals surface area contributed by atoms with Crippen LogP contribution in [0.1, 0.15) is 17.5 Å². The first-order valence-corrected chi connectivity index (χ1v) is 9.14. The number of aryl methyl sites for hydroxylation is 1. The molecule has 7 heteroatoms. The molecular formula is C21H16ClN3O3. The first-order chi connectivity index (χ1) is 13.5. The topological polar surface area (TPSA) is 69.3 Å². The molecule has 0 amide bonds. The number of para-hydroxylation sites is 1. The highest BCUT2D eigenvalue weighted by Crippen LogP contribution is 2.46. The Bertz CT molecular complexity index is 1260. The number of imidazole rings is 1. The summed E-state index contributed by atoms with van der Waals surface area (Å²) in [5.74, 6) is 0.551. The van der Waals surface area contributed by atoms with Gasteiger partial charge in [-0.1, -0.05) is 35.9 Å². The molecular weight excluding hydrogens is 378 g/mol. The minimum Gasteiger partial charge on any atom is -0.464 e. The van der Waals surface area contributed by atoms with Gasteiger partial charge >= 0.3 is 0 Å². The molecule has 1 aliphatic rings. The molecule has 1 N–H and O–H groups in total. The maximum atomic E-state index is 12.8. The summed E-state index contributed by atoms with van der Waals surface area (Å²) < 4.78 is 9.39. The molecule has 2 aromatic carbocycles. The average Bonchev–Trinajstić information content (AvgIpc) is 3.30. The zero-order valence-corrected chi connectivity index (χ0v) is 15.7. The van der Waals surface area contributed by atoms with Crippen molar-refractivity contribution in [1.82, 2.24) is 14.1 Å². The van der Waals surface area contributed by atoms with Gasteiger partial charge in [0, 0.05) is 23.5 Å². The summed E-state index contributed by atoms with van der Waals surface area (Å²) in [6.45, 7) is 0. The molecule has 140 valence electrons. The third kappa shape index (κ3) is 2.25. The van der Waals surface area contributed by atoms with Crippen LogP contribution < -0.4 is 10.3 Å². The Balaban J connectivity index is 1.82. The molecule has 2 aromatic heterocycles. The number of pyridine rings is 1. The van der Waals surface area contributed by atoms with Gasteiger partial charge in [-0.2, -0.15) is 0 Å². The molecule has 0 radical (unpaired) electrons. The zero-order valence-electron chi connectivity index (χ0n) is 14.9. The number of nitrogens with zero attached hydrogens (tertiary/aromatic N) is 3. The van der Waals surface area contributed by atoms with E-state index in [0.717, 1.165) is 5.39 Å². The Morgan fingerprint density at radius 3 is 2.64 bits per heavy atom. The molecule has 3 heterocycles. The number of hydrogen-bond acceptors (Lipinski definition) is 4. The van der Waals surface area contributed by atoms with Crippen LogP contribution in [-0.2, 0) is 12.6 Å². The number of aliphatic hydroxyl groups is 1. The van der Waals surface area contributed by atoms with E-state index < -0.39 is 11.8 Å². The zero-order chi connectivity index (χ0) is 19.5. The predicted octanol–water partition coefficient (Wildman–Crippen LogP) is 3.22. The van der Waals surface area contributed by atoms with E-state index in [1.165, 1.54) is 10.6 Å². The maximum Gasteiger partial charge on any atom is 0.254 e. The van der Waals surface area contributed by atoms with Gasteiger partial charge in [-0.05, 0) is 29.8 Å². The molecule has 0 spiro atoms. The van der Waals surface area contributed by atoms with E-state index >= 15 is 0 Å². The predicted molar refractivity (Wildman–Crippen MR) is 106 cm³/mol. The third-order valence-electron chi connectivity index (χ3n) is 5.24. The Labute approximate surface area is 165 Å². The van der Waals surface area contributed by atoms with Crippen LogP contribution in [0.25, 0.3) is 10.9 Å². The van der Waals surface area contributed by atoms with Crippen LogP contribution in [0.5, 0.6) is 5.75 Å². The molecule has 5 rings (SSSR count). The van der Waals surface area contributed by atoms with Crippen LogP contribution >= 0.6 is 11.6 Å². The van der Waals surface area contributed by atoms with Gasteiger partial charge in [0.05, 0.1) is 23.7 Å². The minimum atomic E-state index is -1.67. The van der Waals surface area contributed by atoms with Crippen molar-refractivity contribution in [1.29, 1.82) is 0 Å². The van der Waals surface area contributed by atoms with Gasteiger partial charge in [0.15, 0.2) is 5.60 Å². The van der Waals surface area contributed by atoms with Crippen LogP contribution in [-0.4, -0.2) is 19.2 Å². The fraction of sp³-hybridized carbons (Fsp3) is 0.143. The molecule has 2 atom stereocenters. The quantitative estimate of drug-likeness (QED) is 0.580. The first kappa shape index (κ1) is 17.0. The van der Waals surface area contributed by atoms with Crippen molar-refractivity contribution in [2.75, 3.05) is 0 Å². The monoisotopic (exact) mass is 393 g/mol. The molecule has 4 aromatic rings. The summed E-state index contributed by atoms with van der Waals surface area (Å²) in [4.78, 5) is 17.0. The second-order valence-corrected chi connectivity index (χ2v) is 7.31. The number of benzene rings is 2. The number of aromatic nitrogens is 3. The van der Waals surface area contributed by atoms with Crippen molar-refractivity contribution in [3.05, 3.63) is 93.8 Å². The van der Waals surface area contributed by atoms with Crippen molar-refractivity contribution in [2.24, 2.45) is 7.05 Å². The Morgan fingerprint density at radius 2 is 1.93 bits per heavy atom. The standard InChI is InChI=1S/C21H16ClN3O3/c1-24-12-23-11-17(24)21(27,14-6-8-15(22)9-7-14)20-25-18(26)10-5-13-3-2-4-16(28-20)19(13)25/h2-12,20,27H,1H3. The van der Waals surface area contributed by atoms with Crippen molar-refractivity contribution in [2.45, 2.75) is 11.8 Å². The van der Waals surface area contributed by atoms with Crippen LogP contribution in [0.4, 0.5) is 0 Å². The van der Waals surface area contributed by atoms with Crippen molar-refractivity contribution >= 4 is 22.5 Å². The molecule has 6 nitrogen and oxygen atoms in total. The van der Waals surface area contributed by atoms with E-state index in [0.29, 0.717) is 27.5 Å². The van der Waals surface area contributed by atoms with Gasteiger partial charge in [0.25, 0.3) is 5.56 Å². The number of hydrogen-bond donors (Lipinski definition) is 1. The van der Waals surface area contributed by atoms with E-state index in [-0.39, 0.29) is 5.56 Å². The Kier molecular flexibility index (Phi) is 3.62. The molecule has 1 aliphatic heterocycles. The molecule has 0 fully saturated rings. The lowest BCUT2D eigenvalue weighted by atomic mass is 9.88. The number of rotatable bonds is 3. The van der Waals surface area contributed by atoms with E-state index in [2.05, 4.69) is 4.98 Å². The Hall–Kier alpha value is -3.09. The van der Waals surface area contributed by atoms with Gasteiger partial charge in [-0.3, -0.25) is 9.36 Å². The summed E-state index contributed by atoms with van der Waals surface area (Å²) in [6, 6.07) is 15.7. The van der Waals surface area contributed by atoms with E-state index in [1.807, 2.05) is 12.1 Å². The Morgan fingerprint density at radius 1 is 1.14 bits per heavy atom. The highest BCUT2D eigenvalue weighted by molar-refractivity contribution is 6.30. The second-order valence-electron chi connectivity index (χ2n) is 6.87. The van der Waals surface area contributed by atoms with Gasteiger partial charge in [0.1, 0.15) is 5.75 Å². The highest BCUT2D eigenvalue weighted by atomic mass is 35.5. The summed E-state index contributed by atoms with van der Waals surface area (Å²) in [5, 5.41) is 13.5. The summed E-state index contributed by atoms with van der Waals surface area (Å²) in [5.41, 5.74) is -0.224. The molecule has 0 saturated carbocycles. The summed E-state index contributed by atoms with van der Waals surface area (Å²) in [6.07, 6.45) is 2.17. The van der Waals surface area contributed by atoms with Crippen molar-refractivity contribution in [3.8, 4) is 5.75 Å². The van der Waals surface area contributed by atoms with E-state index in [9.17, 15) is 9.90 Å². The van der Waals surface area contributed by atoms with E-state index in [4.69, 9.17) is 16.3 Å². The van der Waals surface area contributed by atoms with Crippen LogP contribution in [0, 0.1) is 0 Å². The number of ether oxygens (including phenoxy) is 1. The van der Waals surface area contributed by atoms with Crippen LogP contribution in [0.2, 0.25) is 5.02 Å². The third-order valence-corrected chi connectivity index (χ3v) is 5.49. The smallest absolute Gasteiger partial charge is 0.254 e. The fourth-order valence-corrected chi connectivity index (χ4v) is 4.03. The van der Waals surface area contributed by atoms with Crippen LogP contribution in [0.3, 0.4) is 0 Å². The lowest BCUT2D eigenvalue weighted by Crippen LogP contribution is -2.43. The summed E-state index contributed by atoms with van der Waals surface area (Å²) >= 11 is 6.06. The lowest BCUT2D eigenvalue weighted by Gasteiger charge is -2.34. The summed E-state index contributed by atoms with van der Waals surface area (Å²) in [7, 11) is 1.79. The number of halogens is 1. The lowest BCUT2D eigenvalue weighted by molar-refractivity contribution is -0.0703. The fourth-order valence-electron chi connectivity index (χ4n) is 3.90. The van der Waals surface area contributed by atoms with Gasteiger partial charge in [-0.25, -0.2) is 4.98 Å². The minimum absolute atomic E-state index is 0.253. The molecule has 0 aliphatic carbocycles. The average molecular weight is 394 g/mol.